The van der Waals surface area contributed by atoms with Gasteiger partial charge in [0.1, 0.15) is 11.5 Å². The highest BCUT2D eigenvalue weighted by atomic mass is 16.3. The number of phenolic OH excluding ortho intramolecular Hbond substituents is 2. The van der Waals surface area contributed by atoms with Crippen LogP contribution in [-0.4, -0.2) is 10.2 Å². The number of aromatic hydroxyl groups is 2. The lowest BCUT2D eigenvalue weighted by molar-refractivity contribution is 0.470. The van der Waals surface area contributed by atoms with Crippen LogP contribution in [0.25, 0.3) is 0 Å². The summed E-state index contributed by atoms with van der Waals surface area (Å²) in [6.07, 6.45) is 6.27. The molecule has 1 aliphatic carbocycles. The Morgan fingerprint density at radius 1 is 0.800 bits per heavy atom. The van der Waals surface area contributed by atoms with E-state index in [2.05, 4.69) is 19.1 Å². The van der Waals surface area contributed by atoms with Gasteiger partial charge in [-0.15, -0.1) is 0 Å². The van der Waals surface area contributed by atoms with Crippen molar-refractivity contribution in [1.29, 1.82) is 0 Å². The van der Waals surface area contributed by atoms with Gasteiger partial charge in [-0.3, -0.25) is 0 Å². The van der Waals surface area contributed by atoms with Crippen molar-refractivity contribution in [3.8, 4) is 11.5 Å². The molecule has 3 rings (SSSR count). The van der Waals surface area contributed by atoms with E-state index in [0.29, 0.717) is 11.5 Å². The predicted molar refractivity (Wildman–Crippen MR) is 103 cm³/mol. The van der Waals surface area contributed by atoms with Gasteiger partial charge in [0.25, 0.3) is 0 Å². The first-order valence-corrected chi connectivity index (χ1v) is 9.25. The van der Waals surface area contributed by atoms with E-state index in [1.807, 2.05) is 26.0 Å². The van der Waals surface area contributed by atoms with E-state index in [4.69, 9.17) is 0 Å². The molecule has 2 nitrogen and oxygen atoms in total. The van der Waals surface area contributed by atoms with Crippen molar-refractivity contribution in [3.05, 3.63) is 69.8 Å². The van der Waals surface area contributed by atoms with E-state index in [1.54, 1.807) is 17.7 Å². The zero-order valence-corrected chi connectivity index (χ0v) is 15.5. The van der Waals surface area contributed by atoms with Gasteiger partial charge in [0.05, 0.1) is 0 Å². The van der Waals surface area contributed by atoms with Crippen molar-refractivity contribution < 1.29 is 10.2 Å². The third-order valence-electron chi connectivity index (χ3n) is 5.56. The van der Waals surface area contributed by atoms with Crippen LogP contribution in [0.3, 0.4) is 0 Å². The molecule has 1 fully saturated rings. The maximum atomic E-state index is 9.92. The van der Waals surface area contributed by atoms with Crippen molar-refractivity contribution in [2.24, 2.45) is 0 Å². The van der Waals surface area contributed by atoms with Crippen molar-refractivity contribution in [3.63, 3.8) is 0 Å². The number of rotatable bonds is 3. The molecule has 1 saturated carbocycles. The summed E-state index contributed by atoms with van der Waals surface area (Å²) >= 11 is 0. The third kappa shape index (κ3) is 3.73. The lowest BCUT2D eigenvalue weighted by Crippen LogP contribution is -2.08. The highest BCUT2D eigenvalue weighted by Crippen LogP contribution is 2.39. The van der Waals surface area contributed by atoms with Crippen LogP contribution in [0, 0.1) is 13.8 Å². The van der Waals surface area contributed by atoms with Gasteiger partial charge in [-0.1, -0.05) is 41.8 Å². The summed E-state index contributed by atoms with van der Waals surface area (Å²) in [7, 11) is 0. The molecular weight excluding hydrogens is 308 g/mol. The van der Waals surface area contributed by atoms with Gasteiger partial charge in [-0.25, -0.2) is 0 Å². The fourth-order valence-corrected chi connectivity index (χ4v) is 3.99. The van der Waals surface area contributed by atoms with Crippen LogP contribution in [0.15, 0.2) is 47.5 Å². The van der Waals surface area contributed by atoms with Gasteiger partial charge >= 0.3 is 0 Å². The van der Waals surface area contributed by atoms with E-state index in [0.717, 1.165) is 11.1 Å². The summed E-state index contributed by atoms with van der Waals surface area (Å²) in [5, 5.41) is 19.8. The molecule has 25 heavy (non-hydrogen) atoms. The number of hydrogen-bond acceptors (Lipinski definition) is 2. The Bertz CT molecular complexity index is 742. The van der Waals surface area contributed by atoms with Gasteiger partial charge in [-0.2, -0.15) is 0 Å². The predicted octanol–water partition coefficient (Wildman–Crippen LogP) is 6.13. The smallest absolute Gasteiger partial charge is 0.118 e. The number of phenols is 2. The number of benzene rings is 2. The molecule has 1 aliphatic rings. The fraction of sp³-hybridized carbons (Fsp3) is 0.391. The van der Waals surface area contributed by atoms with Gasteiger partial charge < -0.3 is 10.2 Å². The molecule has 2 N–H and O–H groups in total. The molecule has 0 radical (unpaired) electrons. The topological polar surface area (TPSA) is 40.5 Å². The molecule has 0 unspecified atom stereocenters. The average Bonchev–Trinajstić information content (AvgIpc) is 2.62. The number of hydrogen-bond donors (Lipinski definition) is 2. The average molecular weight is 336 g/mol. The monoisotopic (exact) mass is 336 g/mol. The Morgan fingerprint density at radius 2 is 1.28 bits per heavy atom. The van der Waals surface area contributed by atoms with Crippen molar-refractivity contribution in [2.75, 3.05) is 0 Å². The molecular formula is C23H28O2. The largest absolute Gasteiger partial charge is 0.508 e. The summed E-state index contributed by atoms with van der Waals surface area (Å²) in [6.45, 7) is 6.15. The minimum atomic E-state index is 0.173. The van der Waals surface area contributed by atoms with E-state index < -0.39 is 0 Å². The van der Waals surface area contributed by atoms with Gasteiger partial charge in [-0.05, 0) is 80.8 Å². The zero-order valence-electron chi connectivity index (χ0n) is 15.5. The Balaban J connectivity index is 2.13. The summed E-state index contributed by atoms with van der Waals surface area (Å²) in [5.41, 5.74) is 7.22. The molecule has 0 aromatic heterocycles. The Morgan fingerprint density at radius 3 is 1.72 bits per heavy atom. The lowest BCUT2D eigenvalue weighted by atomic mass is 9.79. The lowest BCUT2D eigenvalue weighted by Gasteiger charge is -2.26. The summed E-state index contributed by atoms with van der Waals surface area (Å²) in [6, 6.07) is 11.8. The Kier molecular flexibility index (Phi) is 5.17. The van der Waals surface area contributed by atoms with Crippen molar-refractivity contribution in [2.45, 2.75) is 58.8 Å². The maximum absolute atomic E-state index is 9.92. The van der Waals surface area contributed by atoms with Crippen LogP contribution in [0.4, 0.5) is 0 Å². The van der Waals surface area contributed by atoms with E-state index >= 15 is 0 Å². The molecule has 2 heteroatoms. The highest BCUT2D eigenvalue weighted by Gasteiger charge is 2.21. The zero-order chi connectivity index (χ0) is 18.0. The maximum Gasteiger partial charge on any atom is 0.118 e. The Labute approximate surface area is 150 Å². The first-order valence-electron chi connectivity index (χ1n) is 9.25. The standard InChI is InChI=1S/C23H28O2/c1-15-13-19(9-11-21(15)24)23(17(3)18-7-5-4-6-8-18)20-10-12-22(25)16(2)14-20/h9-14,23-25H,4-8H2,1-3H3. The number of aryl methyl sites for hydroxylation is 2. The van der Waals surface area contributed by atoms with Crippen molar-refractivity contribution >= 4 is 0 Å². The SMILES string of the molecule is CC(=C1CCCCC1)C(c1ccc(O)c(C)c1)c1ccc(O)c(C)c1. The molecule has 2 aromatic carbocycles. The van der Waals surface area contributed by atoms with Gasteiger partial charge in [0.15, 0.2) is 0 Å². The third-order valence-corrected chi connectivity index (χ3v) is 5.56. The van der Waals surface area contributed by atoms with Crippen LogP contribution in [0.2, 0.25) is 0 Å². The second-order valence-electron chi connectivity index (χ2n) is 7.37. The summed E-state index contributed by atoms with van der Waals surface area (Å²) in [5.74, 6) is 0.853. The van der Waals surface area contributed by atoms with Crippen LogP contribution < -0.4 is 0 Å². The quantitative estimate of drug-likeness (QED) is 0.662. The first-order chi connectivity index (χ1) is 12.0. The second-order valence-corrected chi connectivity index (χ2v) is 7.37. The second kappa shape index (κ2) is 7.35. The Hall–Kier alpha value is -2.22. The van der Waals surface area contributed by atoms with Crippen LogP contribution in [0.1, 0.15) is 67.2 Å². The summed E-state index contributed by atoms with van der Waals surface area (Å²) < 4.78 is 0. The molecule has 0 amide bonds. The molecule has 0 heterocycles. The molecule has 0 atom stereocenters. The summed E-state index contributed by atoms with van der Waals surface area (Å²) in [4.78, 5) is 0. The molecule has 0 bridgehead atoms. The highest BCUT2D eigenvalue weighted by molar-refractivity contribution is 5.48. The van der Waals surface area contributed by atoms with Gasteiger partial charge in [0, 0.05) is 5.92 Å². The van der Waals surface area contributed by atoms with Crippen molar-refractivity contribution in [1.82, 2.24) is 0 Å². The number of allylic oxidation sites excluding steroid dienone is 2. The molecule has 0 saturated heterocycles. The minimum Gasteiger partial charge on any atom is -0.508 e. The molecule has 0 spiro atoms. The van der Waals surface area contributed by atoms with E-state index in [-0.39, 0.29) is 5.92 Å². The van der Waals surface area contributed by atoms with Crippen LogP contribution >= 0.6 is 0 Å². The first kappa shape index (κ1) is 17.6. The normalized spacial score (nSPS) is 14.8. The van der Waals surface area contributed by atoms with Gasteiger partial charge in [0.2, 0.25) is 0 Å². The van der Waals surface area contributed by atoms with E-state index in [9.17, 15) is 10.2 Å². The molecule has 2 aromatic rings. The minimum absolute atomic E-state index is 0.173. The van der Waals surface area contributed by atoms with Crippen LogP contribution in [0.5, 0.6) is 11.5 Å². The molecule has 0 aliphatic heterocycles. The molecule has 132 valence electrons. The van der Waals surface area contributed by atoms with E-state index in [1.165, 1.54) is 48.8 Å². The van der Waals surface area contributed by atoms with Crippen LogP contribution in [-0.2, 0) is 0 Å². The fourth-order valence-electron chi connectivity index (χ4n) is 3.99.